The number of carbonyl (C=O) groups is 2. The van der Waals surface area contributed by atoms with Crippen molar-refractivity contribution >= 4 is 29.0 Å². The lowest BCUT2D eigenvalue weighted by molar-refractivity contribution is -0.134. The molecular weight excluding hydrogens is 358 g/mol. The lowest BCUT2D eigenvalue weighted by atomic mass is 10.2. The summed E-state index contributed by atoms with van der Waals surface area (Å²) >= 11 is 0. The molecule has 0 bridgehead atoms. The number of anilines is 1. The van der Waals surface area contributed by atoms with Crippen molar-refractivity contribution in [2.75, 3.05) is 11.9 Å². The van der Waals surface area contributed by atoms with Crippen LogP contribution in [0.25, 0.3) is 11.2 Å². The van der Waals surface area contributed by atoms with Gasteiger partial charge >= 0.3 is 0 Å². The largest absolute Gasteiger partial charge is 0.481 e. The summed E-state index contributed by atoms with van der Waals surface area (Å²) in [6, 6.07) is 0. The topological polar surface area (TPSA) is 159 Å². The number of aromatic nitrogens is 4. The smallest absolute Gasteiger partial charge is 0.300 e. The number of imidazole rings is 1. The van der Waals surface area contributed by atoms with E-state index in [4.69, 9.17) is 19.7 Å². The Kier molecular flexibility index (Phi) is 6.64. The van der Waals surface area contributed by atoms with Gasteiger partial charge < -0.3 is 14.9 Å². The minimum absolute atomic E-state index is 0.0488. The molecule has 4 N–H and O–H groups in total. The van der Waals surface area contributed by atoms with Gasteiger partial charge in [0.15, 0.2) is 11.2 Å². The Hall–Kier alpha value is -2.79. The van der Waals surface area contributed by atoms with Crippen molar-refractivity contribution in [3.05, 3.63) is 16.7 Å². The average Bonchev–Trinajstić information content (AvgIpc) is 3.20. The van der Waals surface area contributed by atoms with Gasteiger partial charge in [-0.25, -0.2) is 4.98 Å². The fourth-order valence-corrected chi connectivity index (χ4v) is 2.48. The molecule has 2 unspecified atom stereocenters. The number of aliphatic hydroxyl groups is 1. The highest BCUT2D eigenvalue weighted by molar-refractivity contribution is 5.91. The predicted octanol–water partition coefficient (Wildman–Crippen LogP) is 0.475. The van der Waals surface area contributed by atoms with E-state index in [1.165, 1.54) is 6.33 Å². The van der Waals surface area contributed by atoms with Gasteiger partial charge in [-0.2, -0.15) is 4.98 Å². The zero-order chi connectivity index (χ0) is 20.1. The van der Waals surface area contributed by atoms with Crippen molar-refractivity contribution in [3.8, 4) is 0 Å². The summed E-state index contributed by atoms with van der Waals surface area (Å²) in [6.45, 7) is 4.53. The SMILES string of the molecule is CC(=O)O.CC(C)C(=O)Nc1nc2c(ncn2C2CCC(CO)O2)c(=O)[nH]1. The van der Waals surface area contributed by atoms with Crippen LogP contribution in [0.3, 0.4) is 0 Å². The maximum Gasteiger partial charge on any atom is 0.300 e. The highest BCUT2D eigenvalue weighted by Gasteiger charge is 2.28. The summed E-state index contributed by atoms with van der Waals surface area (Å²) < 4.78 is 7.35. The maximum atomic E-state index is 12.1. The number of H-pyrrole nitrogens is 1. The van der Waals surface area contributed by atoms with Gasteiger partial charge in [-0.3, -0.25) is 29.3 Å². The van der Waals surface area contributed by atoms with Gasteiger partial charge in [0.2, 0.25) is 11.9 Å². The summed E-state index contributed by atoms with van der Waals surface area (Å²) in [6.07, 6.45) is 2.35. The number of ether oxygens (including phenoxy) is 1. The highest BCUT2D eigenvalue weighted by atomic mass is 16.5. The third-order valence-electron chi connectivity index (χ3n) is 3.80. The number of aliphatic carboxylic acids is 1. The number of fused-ring (bicyclic) bond motifs is 1. The van der Waals surface area contributed by atoms with Gasteiger partial charge in [0.25, 0.3) is 11.5 Å². The third-order valence-corrected chi connectivity index (χ3v) is 3.80. The summed E-state index contributed by atoms with van der Waals surface area (Å²) in [5.74, 6) is -1.22. The van der Waals surface area contributed by atoms with Crippen molar-refractivity contribution in [2.45, 2.75) is 45.9 Å². The molecule has 3 rings (SSSR count). The van der Waals surface area contributed by atoms with Crippen LogP contribution in [0.4, 0.5) is 5.95 Å². The number of hydrogen-bond acceptors (Lipinski definition) is 7. The van der Waals surface area contributed by atoms with Crippen LogP contribution in [-0.2, 0) is 14.3 Å². The number of carboxylic acids is 1. The number of nitrogens with zero attached hydrogens (tertiary/aromatic N) is 3. The number of nitrogens with one attached hydrogen (secondary N) is 2. The van der Waals surface area contributed by atoms with Crippen molar-refractivity contribution < 1.29 is 24.5 Å². The summed E-state index contributed by atoms with van der Waals surface area (Å²) in [7, 11) is 0. The maximum absolute atomic E-state index is 12.1. The van der Waals surface area contributed by atoms with E-state index >= 15 is 0 Å². The molecule has 0 saturated carbocycles. The fraction of sp³-hybridized carbons (Fsp3) is 0.562. The molecular formula is C16H23N5O6. The minimum Gasteiger partial charge on any atom is -0.481 e. The molecule has 1 aliphatic rings. The Balaban J connectivity index is 0.000000596. The Morgan fingerprint density at radius 2 is 2.11 bits per heavy atom. The van der Waals surface area contributed by atoms with E-state index in [0.29, 0.717) is 12.1 Å². The molecule has 27 heavy (non-hydrogen) atoms. The monoisotopic (exact) mass is 381 g/mol. The number of aromatic amines is 1. The first-order valence-electron chi connectivity index (χ1n) is 8.46. The first kappa shape index (κ1) is 20.5. The number of carboxylic acid groups (broad SMARTS) is 1. The van der Waals surface area contributed by atoms with Crippen molar-refractivity contribution in [1.29, 1.82) is 0 Å². The van der Waals surface area contributed by atoms with Gasteiger partial charge in [0, 0.05) is 12.8 Å². The Bertz CT molecular complexity index is 870. The molecule has 0 aliphatic carbocycles. The number of carbonyl (C=O) groups excluding carboxylic acids is 1. The zero-order valence-electron chi connectivity index (χ0n) is 15.3. The van der Waals surface area contributed by atoms with Crippen LogP contribution in [0, 0.1) is 5.92 Å². The molecule has 2 aromatic heterocycles. The lowest BCUT2D eigenvalue weighted by Crippen LogP contribution is -2.22. The molecule has 1 saturated heterocycles. The zero-order valence-corrected chi connectivity index (χ0v) is 15.3. The van der Waals surface area contributed by atoms with E-state index < -0.39 is 11.5 Å². The molecule has 1 amide bonds. The van der Waals surface area contributed by atoms with E-state index in [-0.39, 0.29) is 42.2 Å². The standard InChI is InChI=1S/C14H19N5O4.C2H4O2/c1-7(2)12(21)17-14-16-11-10(13(22)18-14)15-6-19(11)9-4-3-8(5-20)23-9;1-2(3)4/h6-9,20H,3-5H2,1-2H3,(H2,16,17,18,21,22);1H3,(H,3,4). The molecule has 2 aromatic rings. The van der Waals surface area contributed by atoms with Crippen molar-refractivity contribution in [2.24, 2.45) is 5.92 Å². The highest BCUT2D eigenvalue weighted by Crippen LogP contribution is 2.29. The van der Waals surface area contributed by atoms with E-state index in [1.54, 1.807) is 18.4 Å². The Labute approximate surface area is 154 Å². The average molecular weight is 381 g/mol. The number of rotatable bonds is 4. The first-order chi connectivity index (χ1) is 12.7. The van der Waals surface area contributed by atoms with Crippen LogP contribution >= 0.6 is 0 Å². The molecule has 11 nitrogen and oxygen atoms in total. The quantitative estimate of drug-likeness (QED) is 0.595. The van der Waals surface area contributed by atoms with Crippen LogP contribution in [0.5, 0.6) is 0 Å². The molecule has 0 aromatic carbocycles. The van der Waals surface area contributed by atoms with Crippen molar-refractivity contribution in [3.63, 3.8) is 0 Å². The molecule has 1 aliphatic heterocycles. The van der Waals surface area contributed by atoms with Crippen LogP contribution in [0.15, 0.2) is 11.1 Å². The third kappa shape index (κ3) is 5.11. The van der Waals surface area contributed by atoms with Gasteiger partial charge in [0.05, 0.1) is 19.0 Å². The van der Waals surface area contributed by atoms with Gasteiger partial charge in [0.1, 0.15) is 6.23 Å². The second-order valence-electron chi connectivity index (χ2n) is 6.37. The molecule has 0 spiro atoms. The summed E-state index contributed by atoms with van der Waals surface area (Å²) in [4.78, 5) is 43.7. The van der Waals surface area contributed by atoms with Gasteiger partial charge in [-0.15, -0.1) is 0 Å². The molecule has 148 valence electrons. The van der Waals surface area contributed by atoms with Gasteiger partial charge in [-0.1, -0.05) is 13.8 Å². The molecule has 0 radical (unpaired) electrons. The number of amides is 1. The normalized spacial score (nSPS) is 19.0. The Morgan fingerprint density at radius 1 is 1.44 bits per heavy atom. The van der Waals surface area contributed by atoms with Crippen LogP contribution in [0.2, 0.25) is 0 Å². The van der Waals surface area contributed by atoms with Crippen molar-refractivity contribution in [1.82, 2.24) is 19.5 Å². The predicted molar refractivity (Wildman–Crippen MR) is 95.2 cm³/mol. The second-order valence-corrected chi connectivity index (χ2v) is 6.37. The molecule has 1 fully saturated rings. The van der Waals surface area contributed by atoms with Crippen LogP contribution in [-0.4, -0.2) is 54.3 Å². The second kappa shape index (κ2) is 8.73. The van der Waals surface area contributed by atoms with Crippen LogP contribution in [0.1, 0.15) is 39.8 Å². The Morgan fingerprint density at radius 3 is 2.67 bits per heavy atom. The van der Waals surface area contributed by atoms with Gasteiger partial charge in [-0.05, 0) is 12.8 Å². The van der Waals surface area contributed by atoms with E-state index in [1.807, 2.05) is 0 Å². The molecule has 3 heterocycles. The first-order valence-corrected chi connectivity index (χ1v) is 8.46. The summed E-state index contributed by atoms with van der Waals surface area (Å²) in [5.41, 5.74) is 0.101. The fourth-order valence-electron chi connectivity index (χ4n) is 2.48. The molecule has 11 heteroatoms. The van der Waals surface area contributed by atoms with E-state index in [0.717, 1.165) is 13.3 Å². The summed E-state index contributed by atoms with van der Waals surface area (Å²) in [5, 5.41) is 19.2. The van der Waals surface area contributed by atoms with E-state index in [2.05, 4.69) is 20.3 Å². The van der Waals surface area contributed by atoms with Crippen LogP contribution < -0.4 is 10.9 Å². The number of aliphatic hydroxyl groups excluding tert-OH is 1. The lowest BCUT2D eigenvalue weighted by Gasteiger charge is -2.14. The number of hydrogen-bond donors (Lipinski definition) is 4. The molecule has 2 atom stereocenters. The minimum atomic E-state index is -0.833. The van der Waals surface area contributed by atoms with E-state index in [9.17, 15) is 9.59 Å².